The lowest BCUT2D eigenvalue weighted by molar-refractivity contribution is -0.116. The summed E-state index contributed by atoms with van der Waals surface area (Å²) in [5.41, 5.74) is 0.974. The standard InChI is InChI=1S/C19H26N4O3S2/c24-16(21-17-22-23-19(27)28-17)12-8-3-1-2-4-9-13-20-18(25)26-14-15-10-6-5-7-11-15/h5-7,10-11H,1-4,8-9,12-14H2,(H,20,25)(H,23,27)(H,21,22,24). The van der Waals surface area contributed by atoms with Gasteiger partial charge in [-0.15, -0.1) is 5.10 Å². The van der Waals surface area contributed by atoms with E-state index in [1.165, 1.54) is 11.3 Å². The summed E-state index contributed by atoms with van der Waals surface area (Å²) in [5.74, 6) is -0.0315. The maximum atomic E-state index is 11.8. The van der Waals surface area contributed by atoms with Gasteiger partial charge in [-0.3, -0.25) is 9.89 Å². The molecule has 152 valence electrons. The molecule has 0 bridgehead atoms. The molecule has 0 atom stereocenters. The number of carbonyl (C=O) groups excluding carboxylic acids is 2. The van der Waals surface area contributed by atoms with Crippen molar-refractivity contribution < 1.29 is 14.3 Å². The van der Waals surface area contributed by atoms with Crippen molar-refractivity contribution in [2.75, 3.05) is 11.9 Å². The molecule has 9 heteroatoms. The van der Waals surface area contributed by atoms with Crippen LogP contribution in [0.25, 0.3) is 0 Å². The van der Waals surface area contributed by atoms with E-state index in [-0.39, 0.29) is 18.6 Å². The highest BCUT2D eigenvalue weighted by Crippen LogP contribution is 2.12. The Hall–Kier alpha value is -2.26. The predicted octanol–water partition coefficient (Wildman–Crippen LogP) is 4.80. The number of nitrogens with zero attached hydrogens (tertiary/aromatic N) is 1. The van der Waals surface area contributed by atoms with Crippen LogP contribution in [0.5, 0.6) is 0 Å². The first-order valence-electron chi connectivity index (χ1n) is 9.43. The number of H-pyrrole nitrogens is 1. The van der Waals surface area contributed by atoms with Crippen LogP contribution in [0.15, 0.2) is 30.3 Å². The lowest BCUT2D eigenvalue weighted by Crippen LogP contribution is -2.25. The zero-order valence-corrected chi connectivity index (χ0v) is 17.4. The van der Waals surface area contributed by atoms with Gasteiger partial charge in [0, 0.05) is 13.0 Å². The summed E-state index contributed by atoms with van der Waals surface area (Å²) >= 11 is 6.17. The Morgan fingerprint density at radius 1 is 1.07 bits per heavy atom. The minimum absolute atomic E-state index is 0.0315. The molecule has 1 heterocycles. The monoisotopic (exact) mass is 422 g/mol. The van der Waals surface area contributed by atoms with Crippen LogP contribution in [0.2, 0.25) is 0 Å². The Labute approximate surface area is 173 Å². The number of rotatable bonds is 12. The van der Waals surface area contributed by atoms with Crippen LogP contribution in [0.1, 0.15) is 50.5 Å². The highest BCUT2D eigenvalue weighted by molar-refractivity contribution is 7.73. The summed E-state index contributed by atoms with van der Waals surface area (Å²) in [5, 5.41) is 12.5. The molecule has 0 spiro atoms. The van der Waals surface area contributed by atoms with Gasteiger partial charge in [0.15, 0.2) is 3.95 Å². The number of ether oxygens (including phenoxy) is 1. The molecule has 1 aromatic heterocycles. The fourth-order valence-electron chi connectivity index (χ4n) is 2.55. The van der Waals surface area contributed by atoms with Crippen LogP contribution >= 0.6 is 23.6 Å². The van der Waals surface area contributed by atoms with Gasteiger partial charge in [-0.05, 0) is 30.6 Å². The normalized spacial score (nSPS) is 10.4. The van der Waals surface area contributed by atoms with Gasteiger partial charge in [-0.25, -0.2) is 4.79 Å². The third-order valence-corrected chi connectivity index (χ3v) is 5.00. The second kappa shape index (κ2) is 13.0. The fourth-order valence-corrected chi connectivity index (χ4v) is 3.35. The van der Waals surface area contributed by atoms with Crippen molar-refractivity contribution in [3.8, 4) is 0 Å². The number of unbranched alkanes of at least 4 members (excludes halogenated alkanes) is 5. The number of amides is 2. The smallest absolute Gasteiger partial charge is 0.407 e. The van der Waals surface area contributed by atoms with E-state index in [0.717, 1.165) is 44.1 Å². The first-order chi connectivity index (χ1) is 13.6. The molecule has 3 N–H and O–H groups in total. The molecule has 0 aliphatic carbocycles. The van der Waals surface area contributed by atoms with Gasteiger partial charge >= 0.3 is 6.09 Å². The molecule has 1 aromatic carbocycles. The zero-order chi connectivity index (χ0) is 20.0. The third kappa shape index (κ3) is 9.61. The molecule has 0 radical (unpaired) electrons. The number of nitrogens with one attached hydrogen (secondary N) is 3. The van der Waals surface area contributed by atoms with E-state index in [9.17, 15) is 9.59 Å². The van der Waals surface area contributed by atoms with E-state index in [0.29, 0.717) is 22.1 Å². The zero-order valence-electron chi connectivity index (χ0n) is 15.7. The Morgan fingerprint density at radius 2 is 1.79 bits per heavy atom. The minimum Gasteiger partial charge on any atom is -0.445 e. The van der Waals surface area contributed by atoms with Crippen LogP contribution in [0.4, 0.5) is 9.93 Å². The van der Waals surface area contributed by atoms with E-state index in [1.54, 1.807) is 0 Å². The second-order valence-electron chi connectivity index (χ2n) is 6.33. The summed E-state index contributed by atoms with van der Waals surface area (Å²) in [4.78, 5) is 23.4. The fraction of sp³-hybridized carbons (Fsp3) is 0.474. The molecular formula is C19H26N4O3S2. The summed E-state index contributed by atoms with van der Waals surface area (Å²) < 4.78 is 5.70. The molecular weight excluding hydrogens is 396 g/mol. The Kier molecular flexibility index (Phi) is 10.2. The molecule has 7 nitrogen and oxygen atoms in total. The van der Waals surface area contributed by atoms with Crippen molar-refractivity contribution >= 4 is 40.7 Å². The van der Waals surface area contributed by atoms with Gasteiger partial charge in [0.2, 0.25) is 11.0 Å². The first kappa shape index (κ1) is 22.0. The van der Waals surface area contributed by atoms with Crippen LogP contribution < -0.4 is 10.6 Å². The van der Waals surface area contributed by atoms with Gasteiger partial charge in [-0.1, -0.05) is 67.4 Å². The van der Waals surface area contributed by atoms with Gasteiger partial charge < -0.3 is 15.4 Å². The Balaban J connectivity index is 1.38. The molecule has 0 aliphatic rings. The van der Waals surface area contributed by atoms with Crippen molar-refractivity contribution in [1.82, 2.24) is 15.5 Å². The van der Waals surface area contributed by atoms with Crippen molar-refractivity contribution in [3.05, 3.63) is 39.8 Å². The molecule has 2 aromatic rings. The lowest BCUT2D eigenvalue weighted by atomic mass is 10.1. The minimum atomic E-state index is -0.379. The van der Waals surface area contributed by atoms with Crippen molar-refractivity contribution in [3.63, 3.8) is 0 Å². The van der Waals surface area contributed by atoms with Gasteiger partial charge in [0.25, 0.3) is 0 Å². The Morgan fingerprint density at radius 3 is 2.50 bits per heavy atom. The molecule has 2 rings (SSSR count). The molecule has 0 saturated carbocycles. The molecule has 0 saturated heterocycles. The summed E-state index contributed by atoms with van der Waals surface area (Å²) in [6.45, 7) is 0.904. The van der Waals surface area contributed by atoms with E-state index in [4.69, 9.17) is 17.0 Å². The van der Waals surface area contributed by atoms with Crippen LogP contribution in [-0.4, -0.2) is 28.7 Å². The van der Waals surface area contributed by atoms with Crippen molar-refractivity contribution in [2.24, 2.45) is 0 Å². The number of aromatic nitrogens is 2. The van der Waals surface area contributed by atoms with Crippen molar-refractivity contribution in [2.45, 2.75) is 51.6 Å². The number of alkyl carbamates (subject to hydrolysis) is 1. The number of benzene rings is 1. The Bertz CT molecular complexity index is 777. The van der Waals surface area contributed by atoms with Crippen molar-refractivity contribution in [1.29, 1.82) is 0 Å². The molecule has 0 fully saturated rings. The predicted molar refractivity (Wildman–Crippen MR) is 113 cm³/mol. The molecule has 2 amide bonds. The number of carbonyl (C=O) groups is 2. The second-order valence-corrected chi connectivity index (χ2v) is 7.99. The molecule has 0 unspecified atom stereocenters. The van der Waals surface area contributed by atoms with E-state index in [1.807, 2.05) is 30.3 Å². The number of hydrogen-bond donors (Lipinski definition) is 3. The average Bonchev–Trinajstić information content (AvgIpc) is 3.10. The van der Waals surface area contributed by atoms with Gasteiger partial charge in [-0.2, -0.15) is 0 Å². The summed E-state index contributed by atoms with van der Waals surface area (Å²) in [6.07, 6.45) is 6.10. The van der Waals surface area contributed by atoms with E-state index < -0.39 is 0 Å². The topological polar surface area (TPSA) is 96.1 Å². The maximum absolute atomic E-state index is 11.8. The largest absolute Gasteiger partial charge is 0.445 e. The summed E-state index contributed by atoms with van der Waals surface area (Å²) in [7, 11) is 0. The third-order valence-electron chi connectivity index (χ3n) is 4.00. The number of hydrogen-bond acceptors (Lipinski definition) is 6. The van der Waals surface area contributed by atoms with Crippen LogP contribution in [-0.2, 0) is 16.1 Å². The number of aromatic amines is 1. The van der Waals surface area contributed by atoms with E-state index in [2.05, 4.69) is 20.8 Å². The number of anilines is 1. The van der Waals surface area contributed by atoms with Gasteiger partial charge in [0.05, 0.1) is 0 Å². The average molecular weight is 423 g/mol. The van der Waals surface area contributed by atoms with Crippen LogP contribution in [0.3, 0.4) is 0 Å². The highest BCUT2D eigenvalue weighted by atomic mass is 32.1. The SMILES string of the molecule is O=C(CCCCCCCCNC(=O)OCc1ccccc1)Nc1n[nH]c(=S)s1. The first-order valence-corrected chi connectivity index (χ1v) is 10.7. The quantitative estimate of drug-likeness (QED) is 0.337. The highest BCUT2D eigenvalue weighted by Gasteiger charge is 2.05. The molecule has 28 heavy (non-hydrogen) atoms. The van der Waals surface area contributed by atoms with Crippen LogP contribution in [0, 0.1) is 3.95 Å². The van der Waals surface area contributed by atoms with E-state index >= 15 is 0 Å². The van der Waals surface area contributed by atoms with Gasteiger partial charge in [0.1, 0.15) is 6.61 Å². The summed E-state index contributed by atoms with van der Waals surface area (Å²) in [6, 6.07) is 9.60. The molecule has 0 aliphatic heterocycles. The maximum Gasteiger partial charge on any atom is 0.407 e. The lowest BCUT2D eigenvalue weighted by Gasteiger charge is -2.07.